The summed E-state index contributed by atoms with van der Waals surface area (Å²) in [5, 5.41) is 22.9. The minimum atomic E-state index is -1.68. The second-order valence-electron chi connectivity index (χ2n) is 8.77. The molecule has 3 amide bonds. The summed E-state index contributed by atoms with van der Waals surface area (Å²) in [4.78, 5) is 69.1. The maximum atomic E-state index is 13.1. The van der Waals surface area contributed by atoms with Gasteiger partial charge in [0.05, 0.1) is 18.8 Å². The van der Waals surface area contributed by atoms with Gasteiger partial charge in [0.15, 0.2) is 0 Å². The third kappa shape index (κ3) is 7.54. The van der Waals surface area contributed by atoms with Crippen LogP contribution in [0.2, 0.25) is 0 Å². The molecule has 0 bridgehead atoms. The first kappa shape index (κ1) is 26.8. The fourth-order valence-electron chi connectivity index (χ4n) is 3.87. The number of nitrogens with one attached hydrogen (secondary N) is 3. The topological polar surface area (TPSA) is 208 Å². The number of aromatic nitrogens is 2. The fraction of sp³-hybridized carbons (Fsp3) is 0.619. The van der Waals surface area contributed by atoms with Gasteiger partial charge in [0.2, 0.25) is 17.7 Å². The van der Waals surface area contributed by atoms with Crippen LogP contribution in [0.15, 0.2) is 12.5 Å². The number of H-pyrrole nitrogens is 1. The number of nitrogens with zero attached hydrogens (tertiary/aromatic N) is 2. The minimum absolute atomic E-state index is 0.0511. The molecule has 1 aromatic heterocycles. The molecular weight excluding hydrogens is 448 g/mol. The molecule has 0 saturated carbocycles. The first-order valence-electron chi connectivity index (χ1n) is 11.1. The Labute approximate surface area is 196 Å². The summed E-state index contributed by atoms with van der Waals surface area (Å²) in [6, 6.07) is -4.47. The van der Waals surface area contributed by atoms with Gasteiger partial charge in [-0.25, -0.2) is 9.78 Å². The Morgan fingerprint density at radius 2 is 1.91 bits per heavy atom. The number of aromatic amines is 1. The number of carboxylic acids is 2. The van der Waals surface area contributed by atoms with E-state index in [-0.39, 0.29) is 18.2 Å². The van der Waals surface area contributed by atoms with Crippen LogP contribution in [-0.2, 0) is 30.4 Å². The van der Waals surface area contributed by atoms with Crippen LogP contribution in [0, 0.1) is 5.92 Å². The summed E-state index contributed by atoms with van der Waals surface area (Å²) in [5.41, 5.74) is 6.51. The van der Waals surface area contributed by atoms with E-state index in [1.54, 1.807) is 0 Å². The van der Waals surface area contributed by atoms with E-state index >= 15 is 0 Å². The lowest BCUT2D eigenvalue weighted by Gasteiger charge is -2.29. The molecule has 4 unspecified atom stereocenters. The standard InChI is InChI=1S/C21H32N6O7/c1-11(2)6-13(22)20(32)27-5-3-4-16(27)19(31)25-14(7-12-9-23-10-24-12)18(30)26-15(21(33)34)8-17(28)29/h9-11,13-16H,3-8,22H2,1-2H3,(H,23,24)(H,25,31)(H,26,30)(H,28,29)(H,33,34). The number of nitrogens with two attached hydrogens (primary N) is 1. The van der Waals surface area contributed by atoms with Gasteiger partial charge in [0, 0.05) is 24.9 Å². The van der Waals surface area contributed by atoms with Gasteiger partial charge in [-0.3, -0.25) is 19.2 Å². The fourth-order valence-corrected chi connectivity index (χ4v) is 3.87. The van der Waals surface area contributed by atoms with Crippen LogP contribution in [0.25, 0.3) is 0 Å². The maximum absolute atomic E-state index is 13.1. The predicted molar refractivity (Wildman–Crippen MR) is 118 cm³/mol. The summed E-state index contributed by atoms with van der Waals surface area (Å²) >= 11 is 0. The number of carbonyl (C=O) groups is 5. The lowest BCUT2D eigenvalue weighted by atomic mass is 10.0. The highest BCUT2D eigenvalue weighted by atomic mass is 16.4. The van der Waals surface area contributed by atoms with Gasteiger partial charge in [0.1, 0.15) is 18.1 Å². The second kappa shape index (κ2) is 12.1. The zero-order chi connectivity index (χ0) is 25.4. The van der Waals surface area contributed by atoms with Gasteiger partial charge >= 0.3 is 11.9 Å². The molecule has 13 heteroatoms. The molecule has 2 rings (SSSR count). The van der Waals surface area contributed by atoms with E-state index in [1.807, 2.05) is 13.8 Å². The van der Waals surface area contributed by atoms with E-state index < -0.39 is 54.3 Å². The van der Waals surface area contributed by atoms with Crippen LogP contribution in [-0.4, -0.2) is 85.5 Å². The van der Waals surface area contributed by atoms with E-state index in [0.29, 0.717) is 31.5 Å². The van der Waals surface area contributed by atoms with Crippen molar-refractivity contribution >= 4 is 29.7 Å². The van der Waals surface area contributed by atoms with Gasteiger partial charge in [-0.2, -0.15) is 0 Å². The van der Waals surface area contributed by atoms with Crippen LogP contribution in [0.3, 0.4) is 0 Å². The zero-order valence-corrected chi connectivity index (χ0v) is 19.2. The van der Waals surface area contributed by atoms with Crippen molar-refractivity contribution in [3.8, 4) is 0 Å². The molecule has 0 spiro atoms. The van der Waals surface area contributed by atoms with Gasteiger partial charge in [-0.15, -0.1) is 0 Å². The van der Waals surface area contributed by atoms with E-state index in [9.17, 15) is 29.1 Å². The molecular formula is C21H32N6O7. The largest absolute Gasteiger partial charge is 0.481 e. The Bertz CT molecular complexity index is 888. The Morgan fingerprint density at radius 3 is 2.47 bits per heavy atom. The smallest absolute Gasteiger partial charge is 0.326 e. The van der Waals surface area contributed by atoms with Crippen LogP contribution >= 0.6 is 0 Å². The second-order valence-corrected chi connectivity index (χ2v) is 8.77. The number of likely N-dealkylation sites (tertiary alicyclic amines) is 1. The number of imidazole rings is 1. The highest BCUT2D eigenvalue weighted by Gasteiger charge is 2.38. The first-order valence-corrected chi connectivity index (χ1v) is 11.1. The van der Waals surface area contributed by atoms with Gasteiger partial charge in [0.25, 0.3) is 0 Å². The summed E-state index contributed by atoms with van der Waals surface area (Å²) in [7, 11) is 0. The van der Waals surface area contributed by atoms with Crippen LogP contribution in [0.4, 0.5) is 0 Å². The van der Waals surface area contributed by atoms with E-state index in [0.717, 1.165) is 0 Å². The molecule has 1 saturated heterocycles. The molecule has 188 valence electrons. The SMILES string of the molecule is CC(C)CC(N)C(=O)N1CCCC1C(=O)NC(Cc1cnc[nH]1)C(=O)NC(CC(=O)O)C(=O)O. The first-order chi connectivity index (χ1) is 16.0. The molecule has 1 aliphatic rings. The summed E-state index contributed by atoms with van der Waals surface area (Å²) in [5.74, 6) is -4.51. The molecule has 13 nitrogen and oxygen atoms in total. The number of hydrogen-bond donors (Lipinski definition) is 6. The Hall–Kier alpha value is -3.48. The molecule has 0 aliphatic carbocycles. The average Bonchev–Trinajstić information content (AvgIpc) is 3.43. The van der Waals surface area contributed by atoms with Crippen molar-refractivity contribution in [3.05, 3.63) is 18.2 Å². The van der Waals surface area contributed by atoms with Gasteiger partial charge in [-0.05, 0) is 25.2 Å². The highest BCUT2D eigenvalue weighted by Crippen LogP contribution is 2.20. The lowest BCUT2D eigenvalue weighted by molar-refractivity contribution is -0.147. The summed E-state index contributed by atoms with van der Waals surface area (Å²) in [6.07, 6.45) is 3.39. The number of hydrogen-bond acceptors (Lipinski definition) is 7. The van der Waals surface area contributed by atoms with Gasteiger partial charge in [-0.1, -0.05) is 13.8 Å². The maximum Gasteiger partial charge on any atom is 0.326 e. The summed E-state index contributed by atoms with van der Waals surface area (Å²) < 4.78 is 0. The number of aliphatic carboxylic acids is 2. The van der Waals surface area contributed by atoms with E-state index in [4.69, 9.17) is 10.8 Å². The van der Waals surface area contributed by atoms with Crippen molar-refractivity contribution in [2.24, 2.45) is 11.7 Å². The van der Waals surface area contributed by atoms with Crippen LogP contribution < -0.4 is 16.4 Å². The van der Waals surface area contributed by atoms with Crippen molar-refractivity contribution in [2.45, 2.75) is 70.1 Å². The Kier molecular flexibility index (Phi) is 9.54. The van der Waals surface area contributed by atoms with Crippen molar-refractivity contribution in [3.63, 3.8) is 0 Å². The Balaban J connectivity index is 2.15. The molecule has 1 aliphatic heterocycles. The third-order valence-corrected chi connectivity index (χ3v) is 5.49. The van der Waals surface area contributed by atoms with E-state index in [2.05, 4.69) is 20.6 Å². The van der Waals surface area contributed by atoms with Crippen molar-refractivity contribution in [2.75, 3.05) is 6.54 Å². The molecule has 1 aromatic rings. The molecule has 1 fully saturated rings. The number of amides is 3. The predicted octanol–water partition coefficient (Wildman–Crippen LogP) is -1.15. The van der Waals surface area contributed by atoms with E-state index in [1.165, 1.54) is 17.4 Å². The van der Waals surface area contributed by atoms with Crippen LogP contribution in [0.5, 0.6) is 0 Å². The zero-order valence-electron chi connectivity index (χ0n) is 19.2. The third-order valence-electron chi connectivity index (χ3n) is 5.49. The average molecular weight is 481 g/mol. The van der Waals surface area contributed by atoms with Crippen LogP contribution in [0.1, 0.15) is 45.2 Å². The molecule has 0 aromatic carbocycles. The van der Waals surface area contributed by atoms with Crippen molar-refractivity contribution < 1.29 is 34.2 Å². The lowest BCUT2D eigenvalue weighted by Crippen LogP contribution is -2.57. The molecule has 2 heterocycles. The number of carboxylic acid groups (broad SMARTS) is 2. The molecule has 4 atom stereocenters. The van der Waals surface area contributed by atoms with Crippen molar-refractivity contribution in [1.82, 2.24) is 25.5 Å². The quantitative estimate of drug-likeness (QED) is 0.213. The number of rotatable bonds is 12. The molecule has 34 heavy (non-hydrogen) atoms. The van der Waals surface area contributed by atoms with Crippen molar-refractivity contribution in [1.29, 1.82) is 0 Å². The normalized spacial score (nSPS) is 18.2. The summed E-state index contributed by atoms with van der Waals surface area (Å²) in [6.45, 7) is 4.24. The minimum Gasteiger partial charge on any atom is -0.481 e. The monoisotopic (exact) mass is 480 g/mol. The van der Waals surface area contributed by atoms with Gasteiger partial charge < -0.3 is 36.5 Å². The number of carbonyl (C=O) groups excluding carboxylic acids is 3. The highest BCUT2D eigenvalue weighted by molar-refractivity contribution is 5.95. The Morgan fingerprint density at radius 1 is 1.21 bits per heavy atom. The molecule has 0 radical (unpaired) electrons. The molecule has 7 N–H and O–H groups in total.